The van der Waals surface area contributed by atoms with E-state index in [-0.39, 0.29) is 5.78 Å². The summed E-state index contributed by atoms with van der Waals surface area (Å²) in [6, 6.07) is 33.1. The molecule has 0 radical (unpaired) electrons. The van der Waals surface area contributed by atoms with Crippen LogP contribution >= 0.6 is 15.9 Å². The van der Waals surface area contributed by atoms with Gasteiger partial charge in [-0.3, -0.25) is 4.79 Å². The molecule has 0 aliphatic heterocycles. The lowest BCUT2D eigenvalue weighted by molar-refractivity contribution is 0.101. The van der Waals surface area contributed by atoms with E-state index in [1.807, 2.05) is 54.6 Å². The number of Topliss-reactive ketones (excluding diaryl/α,β-unsaturated/α-hetero) is 1. The molecule has 0 aliphatic carbocycles. The molecule has 0 atom stereocenters. The van der Waals surface area contributed by atoms with Crippen molar-refractivity contribution in [1.82, 2.24) is 0 Å². The van der Waals surface area contributed by atoms with Gasteiger partial charge in [0.15, 0.2) is 5.78 Å². The maximum absolute atomic E-state index is 12.3. The second-order valence-electron chi connectivity index (χ2n) is 6.78. The average Bonchev–Trinajstić information content (AvgIpc) is 2.74. The molecule has 0 amide bonds. The normalized spacial score (nSPS) is 10.6. The Morgan fingerprint density at radius 2 is 1.11 bits per heavy atom. The first-order chi connectivity index (χ1) is 13.6. The summed E-state index contributed by atoms with van der Waals surface area (Å²) in [5.41, 5.74) is 7.29. The molecule has 0 fully saturated rings. The lowest BCUT2D eigenvalue weighted by Crippen LogP contribution is -1.97. The second-order valence-corrected chi connectivity index (χ2v) is 7.69. The Labute approximate surface area is 173 Å². The molecule has 0 N–H and O–H groups in total. The molecule has 0 unspecified atom stereocenters. The lowest BCUT2D eigenvalue weighted by Gasteiger charge is -2.13. The van der Waals surface area contributed by atoms with Crippen LogP contribution in [0.3, 0.4) is 0 Å². The van der Waals surface area contributed by atoms with Crippen LogP contribution in [0.1, 0.15) is 17.3 Å². The van der Waals surface area contributed by atoms with Crippen LogP contribution in [0.15, 0.2) is 102 Å². The molecule has 4 aromatic carbocycles. The van der Waals surface area contributed by atoms with Crippen molar-refractivity contribution >= 4 is 21.7 Å². The molecule has 2 heteroatoms. The Balaban J connectivity index is 1.97. The highest BCUT2D eigenvalue weighted by molar-refractivity contribution is 9.10. The summed E-state index contributed by atoms with van der Waals surface area (Å²) in [7, 11) is 0. The molecular formula is C26H19BrO. The molecule has 0 saturated carbocycles. The fourth-order valence-electron chi connectivity index (χ4n) is 3.44. The van der Waals surface area contributed by atoms with Crippen LogP contribution in [0.5, 0.6) is 0 Å². The summed E-state index contributed by atoms with van der Waals surface area (Å²) in [5, 5.41) is 0. The Morgan fingerprint density at radius 1 is 0.607 bits per heavy atom. The maximum Gasteiger partial charge on any atom is 0.160 e. The van der Waals surface area contributed by atoms with E-state index in [0.29, 0.717) is 0 Å². The van der Waals surface area contributed by atoms with E-state index in [2.05, 4.69) is 58.4 Å². The van der Waals surface area contributed by atoms with Crippen LogP contribution in [0, 0.1) is 0 Å². The SMILES string of the molecule is CC(=O)c1cc(Br)ccc1-c1cc(-c2ccccc2)cc(-c2ccccc2)c1. The van der Waals surface area contributed by atoms with Crippen molar-refractivity contribution in [2.45, 2.75) is 6.92 Å². The number of hydrogen-bond acceptors (Lipinski definition) is 1. The highest BCUT2D eigenvalue weighted by atomic mass is 79.9. The van der Waals surface area contributed by atoms with Crippen molar-refractivity contribution < 1.29 is 4.79 Å². The first-order valence-corrected chi connectivity index (χ1v) is 9.98. The second kappa shape index (κ2) is 7.95. The quantitative estimate of drug-likeness (QED) is 0.306. The zero-order chi connectivity index (χ0) is 19.5. The van der Waals surface area contributed by atoms with Gasteiger partial charge in [-0.15, -0.1) is 0 Å². The van der Waals surface area contributed by atoms with E-state index >= 15 is 0 Å². The highest BCUT2D eigenvalue weighted by Crippen LogP contribution is 2.35. The third kappa shape index (κ3) is 3.83. The summed E-state index contributed by atoms with van der Waals surface area (Å²) in [6.07, 6.45) is 0. The third-order valence-corrected chi connectivity index (χ3v) is 5.31. The van der Waals surface area contributed by atoms with Gasteiger partial charge in [-0.25, -0.2) is 0 Å². The predicted octanol–water partition coefficient (Wildman–Crippen LogP) is 7.65. The van der Waals surface area contributed by atoms with Gasteiger partial charge in [-0.1, -0.05) is 82.7 Å². The maximum atomic E-state index is 12.3. The van der Waals surface area contributed by atoms with E-state index in [0.717, 1.165) is 43.4 Å². The zero-order valence-electron chi connectivity index (χ0n) is 15.5. The molecule has 0 saturated heterocycles. The van der Waals surface area contributed by atoms with Crippen molar-refractivity contribution in [1.29, 1.82) is 0 Å². The number of carbonyl (C=O) groups excluding carboxylic acids is 1. The largest absolute Gasteiger partial charge is 0.294 e. The Hall–Kier alpha value is -2.97. The minimum absolute atomic E-state index is 0.0580. The molecule has 136 valence electrons. The third-order valence-electron chi connectivity index (χ3n) is 4.82. The van der Waals surface area contributed by atoms with Gasteiger partial charge >= 0.3 is 0 Å². The number of carbonyl (C=O) groups is 1. The standard InChI is InChI=1S/C26H19BrO/c1-18(28)26-17-24(27)12-13-25(26)23-15-21(19-8-4-2-5-9-19)14-22(16-23)20-10-6-3-7-11-20/h2-17H,1H3. The molecule has 1 nitrogen and oxygen atoms in total. The fourth-order valence-corrected chi connectivity index (χ4v) is 3.80. The molecule has 0 aliphatic rings. The first kappa shape index (κ1) is 18.4. The van der Waals surface area contributed by atoms with Crippen LogP contribution in [-0.4, -0.2) is 5.78 Å². The van der Waals surface area contributed by atoms with Crippen molar-refractivity contribution in [3.8, 4) is 33.4 Å². The Kier molecular flexibility index (Phi) is 5.23. The van der Waals surface area contributed by atoms with E-state index in [4.69, 9.17) is 0 Å². The Morgan fingerprint density at radius 3 is 1.61 bits per heavy atom. The van der Waals surface area contributed by atoms with Crippen molar-refractivity contribution in [2.75, 3.05) is 0 Å². The smallest absolute Gasteiger partial charge is 0.160 e. The number of hydrogen-bond donors (Lipinski definition) is 0. The highest BCUT2D eigenvalue weighted by Gasteiger charge is 2.13. The summed E-state index contributed by atoms with van der Waals surface area (Å²) in [5.74, 6) is 0.0580. The first-order valence-electron chi connectivity index (χ1n) is 9.18. The molecular weight excluding hydrogens is 408 g/mol. The summed E-state index contributed by atoms with van der Waals surface area (Å²) in [4.78, 5) is 12.3. The predicted molar refractivity (Wildman–Crippen MR) is 120 cm³/mol. The van der Waals surface area contributed by atoms with Crippen LogP contribution < -0.4 is 0 Å². The number of halogens is 1. The van der Waals surface area contributed by atoms with Crippen LogP contribution in [0.4, 0.5) is 0 Å². The van der Waals surface area contributed by atoms with Gasteiger partial charge in [0, 0.05) is 10.0 Å². The van der Waals surface area contributed by atoms with E-state index in [9.17, 15) is 4.79 Å². The van der Waals surface area contributed by atoms with Crippen LogP contribution in [-0.2, 0) is 0 Å². The van der Waals surface area contributed by atoms with Crippen molar-refractivity contribution in [3.05, 3.63) is 107 Å². The number of benzene rings is 4. The molecule has 0 spiro atoms. The van der Waals surface area contributed by atoms with E-state index in [1.165, 1.54) is 0 Å². The number of rotatable bonds is 4. The van der Waals surface area contributed by atoms with E-state index < -0.39 is 0 Å². The van der Waals surface area contributed by atoms with Gasteiger partial charge in [-0.2, -0.15) is 0 Å². The molecule has 28 heavy (non-hydrogen) atoms. The molecule has 0 aromatic heterocycles. The van der Waals surface area contributed by atoms with Gasteiger partial charge in [0.1, 0.15) is 0 Å². The van der Waals surface area contributed by atoms with Crippen LogP contribution in [0.25, 0.3) is 33.4 Å². The van der Waals surface area contributed by atoms with Crippen molar-refractivity contribution in [2.24, 2.45) is 0 Å². The molecule has 0 bridgehead atoms. The van der Waals surface area contributed by atoms with Gasteiger partial charge in [0.2, 0.25) is 0 Å². The average molecular weight is 427 g/mol. The van der Waals surface area contributed by atoms with Crippen LogP contribution in [0.2, 0.25) is 0 Å². The summed E-state index contributed by atoms with van der Waals surface area (Å²) < 4.78 is 0.906. The van der Waals surface area contributed by atoms with E-state index in [1.54, 1.807) is 6.92 Å². The van der Waals surface area contributed by atoms with Gasteiger partial charge in [-0.05, 0) is 70.6 Å². The van der Waals surface area contributed by atoms with Crippen molar-refractivity contribution in [3.63, 3.8) is 0 Å². The Bertz CT molecular complexity index is 1070. The zero-order valence-corrected chi connectivity index (χ0v) is 17.1. The monoisotopic (exact) mass is 426 g/mol. The summed E-state index contributed by atoms with van der Waals surface area (Å²) in [6.45, 7) is 1.62. The minimum atomic E-state index is 0.0580. The lowest BCUT2D eigenvalue weighted by atomic mass is 9.91. The van der Waals surface area contributed by atoms with Gasteiger partial charge < -0.3 is 0 Å². The summed E-state index contributed by atoms with van der Waals surface area (Å²) >= 11 is 3.49. The molecule has 4 aromatic rings. The van der Waals surface area contributed by atoms with Gasteiger partial charge in [0.25, 0.3) is 0 Å². The fraction of sp³-hybridized carbons (Fsp3) is 0.0385. The number of ketones is 1. The molecule has 0 heterocycles. The molecule has 4 rings (SSSR count). The topological polar surface area (TPSA) is 17.1 Å². The minimum Gasteiger partial charge on any atom is -0.294 e. The van der Waals surface area contributed by atoms with Gasteiger partial charge in [0.05, 0.1) is 0 Å².